The standard InChI is InChI=1S/C26H37N3O11/c1-22(2)33-13-10-31-26(20(15(13)34-22)38-25(7,8)40-26)11-29-9-12(27-28-29)14(30)16-17-18(36-23(3,4)35-17)19-21(32-16)39-24(5,6)37-19/h9,13,15-21H,10-11H2,1-8H3/t13-,15-,16-,17+,18+,19-,20+,21-,26+/m1/s1. The van der Waals surface area contributed by atoms with E-state index >= 15 is 0 Å². The Balaban J connectivity index is 1.13. The fraction of sp³-hybridized carbons (Fsp3) is 0.885. The molecule has 6 aliphatic heterocycles. The van der Waals surface area contributed by atoms with Crippen molar-refractivity contribution in [1.29, 1.82) is 0 Å². The van der Waals surface area contributed by atoms with Crippen molar-refractivity contribution in [3.63, 3.8) is 0 Å². The third-order valence-electron chi connectivity index (χ3n) is 7.86. The quantitative estimate of drug-likeness (QED) is 0.483. The number of nitrogens with zero attached hydrogens (tertiary/aromatic N) is 3. The fourth-order valence-electron chi connectivity index (χ4n) is 6.65. The molecule has 14 heteroatoms. The summed E-state index contributed by atoms with van der Waals surface area (Å²) in [7, 11) is 0. The maximum Gasteiger partial charge on any atom is 0.220 e. The summed E-state index contributed by atoms with van der Waals surface area (Å²) in [5.41, 5.74) is 0.0927. The average Bonchev–Trinajstić information content (AvgIpc) is 3.59. The zero-order valence-electron chi connectivity index (χ0n) is 23.9. The summed E-state index contributed by atoms with van der Waals surface area (Å²) in [6.07, 6.45) is -3.43. The Morgan fingerprint density at radius 1 is 0.825 bits per heavy atom. The molecule has 0 amide bonds. The lowest BCUT2D eigenvalue weighted by atomic mass is 9.95. The number of hydrogen-bond acceptors (Lipinski definition) is 13. The summed E-state index contributed by atoms with van der Waals surface area (Å²) < 4.78 is 62.8. The van der Waals surface area contributed by atoms with E-state index < -0.39 is 77.6 Å². The van der Waals surface area contributed by atoms with Crippen LogP contribution >= 0.6 is 0 Å². The Bertz CT molecular complexity index is 1200. The number of hydrogen-bond donors (Lipinski definition) is 0. The van der Waals surface area contributed by atoms with Crippen LogP contribution in [-0.2, 0) is 53.9 Å². The Morgan fingerprint density at radius 2 is 1.48 bits per heavy atom. The van der Waals surface area contributed by atoms with E-state index in [0.29, 0.717) is 0 Å². The van der Waals surface area contributed by atoms with Crippen LogP contribution in [0.25, 0.3) is 0 Å². The Hall–Kier alpha value is -1.59. The molecule has 6 saturated heterocycles. The highest BCUT2D eigenvalue weighted by molar-refractivity contribution is 5.98. The molecular formula is C26H37N3O11. The van der Waals surface area contributed by atoms with E-state index in [-0.39, 0.29) is 24.9 Å². The van der Waals surface area contributed by atoms with Crippen LogP contribution in [0.15, 0.2) is 6.20 Å². The molecule has 9 atom stereocenters. The van der Waals surface area contributed by atoms with E-state index in [1.807, 2.05) is 27.7 Å². The molecule has 1 aromatic heterocycles. The van der Waals surface area contributed by atoms with E-state index in [9.17, 15) is 4.79 Å². The van der Waals surface area contributed by atoms with Gasteiger partial charge >= 0.3 is 0 Å². The van der Waals surface area contributed by atoms with Gasteiger partial charge in [-0.05, 0) is 55.4 Å². The van der Waals surface area contributed by atoms with Gasteiger partial charge in [0, 0.05) is 0 Å². The monoisotopic (exact) mass is 567 g/mol. The minimum Gasteiger partial charge on any atom is -0.343 e. The molecule has 0 aliphatic carbocycles. The summed E-state index contributed by atoms with van der Waals surface area (Å²) >= 11 is 0. The lowest BCUT2D eigenvalue weighted by Crippen LogP contribution is -2.60. The normalized spacial score (nSPS) is 45.5. The Labute approximate surface area is 231 Å². The number of rotatable bonds is 4. The number of carbonyl (C=O) groups excluding carboxylic acids is 1. The molecule has 222 valence electrons. The summed E-state index contributed by atoms with van der Waals surface area (Å²) in [5.74, 6) is -5.19. The minimum absolute atomic E-state index is 0.0927. The van der Waals surface area contributed by atoms with Crippen LogP contribution < -0.4 is 0 Å². The van der Waals surface area contributed by atoms with Crippen molar-refractivity contribution in [3.05, 3.63) is 11.9 Å². The average molecular weight is 568 g/mol. The van der Waals surface area contributed by atoms with Crippen molar-refractivity contribution >= 4 is 5.78 Å². The third-order valence-corrected chi connectivity index (χ3v) is 7.86. The lowest BCUT2D eigenvalue weighted by molar-refractivity contribution is -0.288. The number of fused-ring (bicyclic) bond motifs is 6. The largest absolute Gasteiger partial charge is 0.343 e. The first-order valence-corrected chi connectivity index (χ1v) is 13.7. The van der Waals surface area contributed by atoms with Gasteiger partial charge in [0.15, 0.2) is 41.2 Å². The van der Waals surface area contributed by atoms with E-state index in [1.165, 1.54) is 10.9 Å². The molecule has 0 N–H and O–H groups in total. The maximum absolute atomic E-state index is 13.8. The highest BCUT2D eigenvalue weighted by atomic mass is 16.9. The van der Waals surface area contributed by atoms with Gasteiger partial charge in [-0.2, -0.15) is 0 Å². The second-order valence-corrected chi connectivity index (χ2v) is 13.1. The van der Waals surface area contributed by atoms with E-state index in [1.54, 1.807) is 27.7 Å². The van der Waals surface area contributed by atoms with Crippen LogP contribution in [-0.4, -0.2) is 105 Å². The lowest BCUT2D eigenvalue weighted by Gasteiger charge is -2.40. The molecule has 0 saturated carbocycles. The zero-order valence-corrected chi connectivity index (χ0v) is 23.9. The Kier molecular flexibility index (Phi) is 5.79. The van der Waals surface area contributed by atoms with Gasteiger partial charge in [0.2, 0.25) is 11.6 Å². The minimum atomic E-state index is -1.23. The smallest absolute Gasteiger partial charge is 0.220 e. The molecule has 6 fully saturated rings. The highest BCUT2D eigenvalue weighted by Gasteiger charge is 2.66. The van der Waals surface area contributed by atoms with Crippen LogP contribution in [0.1, 0.15) is 65.9 Å². The van der Waals surface area contributed by atoms with Crippen LogP contribution in [0.3, 0.4) is 0 Å². The molecule has 0 spiro atoms. The molecule has 0 radical (unpaired) electrons. The number of ether oxygens (including phenoxy) is 10. The number of Topliss-reactive ketones (excluding diaryl/α,β-unsaturated/α-hetero) is 1. The first kappa shape index (κ1) is 27.3. The van der Waals surface area contributed by atoms with Gasteiger partial charge in [-0.1, -0.05) is 5.21 Å². The maximum atomic E-state index is 13.8. The molecule has 0 bridgehead atoms. The molecular weight excluding hydrogens is 530 g/mol. The first-order chi connectivity index (χ1) is 18.5. The van der Waals surface area contributed by atoms with Gasteiger partial charge in [0.1, 0.15) is 36.6 Å². The zero-order chi connectivity index (χ0) is 28.5. The van der Waals surface area contributed by atoms with E-state index in [0.717, 1.165) is 0 Å². The van der Waals surface area contributed by atoms with Crippen LogP contribution in [0.5, 0.6) is 0 Å². The molecule has 14 nitrogen and oxygen atoms in total. The second kappa shape index (κ2) is 8.49. The second-order valence-electron chi connectivity index (χ2n) is 13.1. The van der Waals surface area contributed by atoms with Crippen molar-refractivity contribution in [1.82, 2.24) is 15.0 Å². The van der Waals surface area contributed by atoms with Crippen molar-refractivity contribution in [3.8, 4) is 0 Å². The van der Waals surface area contributed by atoms with Gasteiger partial charge in [-0.15, -0.1) is 5.10 Å². The topological polar surface area (TPSA) is 140 Å². The predicted octanol–water partition coefficient (Wildman–Crippen LogP) is 1.26. The molecule has 0 aromatic carbocycles. The van der Waals surface area contributed by atoms with Gasteiger partial charge in [0.05, 0.1) is 19.3 Å². The van der Waals surface area contributed by atoms with Crippen molar-refractivity contribution in [2.45, 2.75) is 140 Å². The van der Waals surface area contributed by atoms with Gasteiger partial charge in [-0.25, -0.2) is 4.68 Å². The van der Waals surface area contributed by atoms with Crippen molar-refractivity contribution in [2.75, 3.05) is 6.61 Å². The molecule has 7 rings (SSSR count). The van der Waals surface area contributed by atoms with Crippen molar-refractivity contribution < 1.29 is 52.2 Å². The summed E-state index contributed by atoms with van der Waals surface area (Å²) in [6.45, 7) is 14.8. The molecule has 7 heterocycles. The Morgan fingerprint density at radius 3 is 2.25 bits per heavy atom. The van der Waals surface area contributed by atoms with Gasteiger partial charge < -0.3 is 47.4 Å². The summed E-state index contributed by atoms with van der Waals surface area (Å²) in [5, 5.41) is 8.39. The van der Waals surface area contributed by atoms with Crippen LogP contribution in [0.2, 0.25) is 0 Å². The molecule has 1 aromatic rings. The summed E-state index contributed by atoms with van der Waals surface area (Å²) in [4.78, 5) is 13.8. The highest BCUT2D eigenvalue weighted by Crippen LogP contribution is 2.48. The van der Waals surface area contributed by atoms with E-state index in [4.69, 9.17) is 47.4 Å². The number of aromatic nitrogens is 3. The molecule has 6 aliphatic rings. The number of carbonyl (C=O) groups is 1. The third kappa shape index (κ3) is 4.44. The summed E-state index contributed by atoms with van der Waals surface area (Å²) in [6, 6.07) is 0. The fourth-order valence-corrected chi connectivity index (χ4v) is 6.65. The van der Waals surface area contributed by atoms with Crippen molar-refractivity contribution in [2.24, 2.45) is 0 Å². The van der Waals surface area contributed by atoms with Gasteiger partial charge in [0.25, 0.3) is 0 Å². The SMILES string of the molecule is CC1(C)O[C@H]2[C@@H](O1)[C@@H](C(=O)c1cn(C[C@@]34OC[C@H]5OC(C)(C)O[C@H]5[C@@H]3OC(C)(C)O4)nn1)O[C@@H]1OC(C)(C)O[C@@H]12. The van der Waals surface area contributed by atoms with Crippen LogP contribution in [0, 0.1) is 0 Å². The predicted molar refractivity (Wildman–Crippen MR) is 129 cm³/mol. The van der Waals surface area contributed by atoms with Gasteiger partial charge in [-0.3, -0.25) is 4.79 Å². The molecule has 0 unspecified atom stereocenters. The van der Waals surface area contributed by atoms with Crippen LogP contribution in [0.4, 0.5) is 0 Å². The molecule has 40 heavy (non-hydrogen) atoms. The number of ketones is 1. The van der Waals surface area contributed by atoms with E-state index in [2.05, 4.69) is 10.3 Å². The first-order valence-electron chi connectivity index (χ1n) is 13.7.